The van der Waals surface area contributed by atoms with Gasteiger partial charge in [-0.2, -0.15) is 0 Å². The molecule has 14 heavy (non-hydrogen) atoms. The van der Waals surface area contributed by atoms with Crippen LogP contribution in [0.5, 0.6) is 0 Å². The van der Waals surface area contributed by atoms with Crippen molar-refractivity contribution >= 4 is 29.6 Å². The van der Waals surface area contributed by atoms with Gasteiger partial charge in [-0.3, -0.25) is 4.79 Å². The molecule has 76 valence electrons. The summed E-state index contributed by atoms with van der Waals surface area (Å²) in [6.45, 7) is 0.171. The van der Waals surface area contributed by atoms with Gasteiger partial charge in [-0.25, -0.2) is 0 Å². The van der Waals surface area contributed by atoms with Gasteiger partial charge in [-0.15, -0.1) is 11.8 Å². The molecular weight excluding hydrogens is 220 g/mol. The van der Waals surface area contributed by atoms with Gasteiger partial charge in [0.15, 0.2) is 6.29 Å². The highest BCUT2D eigenvalue weighted by atomic mass is 35.5. The maximum absolute atomic E-state index is 10.7. The normalized spacial score (nSPS) is 10.1. The Hall–Kier alpha value is -0.510. The Morgan fingerprint density at radius 1 is 1.50 bits per heavy atom. The Balaban J connectivity index is 2.72. The van der Waals surface area contributed by atoms with Crippen molar-refractivity contribution in [2.24, 2.45) is 0 Å². The second-order valence-corrected chi connectivity index (χ2v) is 4.30. The van der Waals surface area contributed by atoms with Crippen LogP contribution in [-0.4, -0.2) is 23.8 Å². The lowest BCUT2D eigenvalue weighted by atomic mass is 10.2. The zero-order valence-electron chi connectivity index (χ0n) is 7.57. The Morgan fingerprint density at radius 2 is 2.29 bits per heavy atom. The summed E-state index contributed by atoms with van der Waals surface area (Å²) in [5.74, 6) is 0.789. The summed E-state index contributed by atoms with van der Waals surface area (Å²) in [5, 5.41) is 9.24. The molecule has 0 fully saturated rings. The first-order valence-corrected chi connectivity index (χ1v) is 5.62. The van der Waals surface area contributed by atoms with Gasteiger partial charge in [0.2, 0.25) is 0 Å². The highest BCUT2D eigenvalue weighted by Gasteiger charge is 2.02. The minimum atomic E-state index is 0.171. The summed E-state index contributed by atoms with van der Waals surface area (Å²) in [6, 6.07) is 5.17. The molecule has 0 saturated carbocycles. The van der Waals surface area contributed by atoms with Crippen molar-refractivity contribution < 1.29 is 9.90 Å². The van der Waals surface area contributed by atoms with E-state index in [1.807, 2.05) is 0 Å². The third kappa shape index (κ3) is 3.33. The number of hydrogen-bond donors (Lipinski definition) is 1. The summed E-state index contributed by atoms with van der Waals surface area (Å²) < 4.78 is 0. The minimum Gasteiger partial charge on any atom is -0.396 e. The van der Waals surface area contributed by atoms with Crippen LogP contribution in [0.1, 0.15) is 16.8 Å². The van der Waals surface area contributed by atoms with Crippen molar-refractivity contribution in [3.8, 4) is 0 Å². The van der Waals surface area contributed by atoms with Crippen LogP contribution in [0, 0.1) is 0 Å². The predicted molar refractivity (Wildman–Crippen MR) is 59.3 cm³/mol. The van der Waals surface area contributed by atoms with Gasteiger partial charge < -0.3 is 5.11 Å². The average molecular weight is 231 g/mol. The van der Waals surface area contributed by atoms with Gasteiger partial charge in [-0.05, 0) is 24.6 Å². The summed E-state index contributed by atoms with van der Waals surface area (Å²) in [5.41, 5.74) is 0.650. The van der Waals surface area contributed by atoms with E-state index in [-0.39, 0.29) is 6.61 Å². The molecule has 0 amide bonds. The monoisotopic (exact) mass is 230 g/mol. The summed E-state index contributed by atoms with van der Waals surface area (Å²) >= 11 is 7.34. The SMILES string of the molecule is O=Cc1ccc(Cl)cc1SCCCO. The Bertz CT molecular complexity index is 315. The number of aliphatic hydroxyl groups excluding tert-OH is 1. The molecule has 1 aromatic rings. The summed E-state index contributed by atoms with van der Waals surface area (Å²) in [6.07, 6.45) is 1.53. The van der Waals surface area contributed by atoms with Gasteiger partial charge in [0, 0.05) is 27.8 Å². The molecule has 1 N–H and O–H groups in total. The molecule has 0 unspecified atom stereocenters. The average Bonchev–Trinajstić information content (AvgIpc) is 2.19. The first-order valence-electron chi connectivity index (χ1n) is 4.26. The Morgan fingerprint density at radius 3 is 2.93 bits per heavy atom. The Kier molecular flexibility index (Phi) is 5.01. The van der Waals surface area contributed by atoms with Gasteiger partial charge in [0.05, 0.1) is 0 Å². The minimum absolute atomic E-state index is 0.171. The van der Waals surface area contributed by atoms with Gasteiger partial charge in [0.1, 0.15) is 0 Å². The van der Waals surface area contributed by atoms with E-state index in [1.165, 1.54) is 11.8 Å². The second-order valence-electron chi connectivity index (χ2n) is 2.73. The van der Waals surface area contributed by atoms with E-state index >= 15 is 0 Å². The lowest BCUT2D eigenvalue weighted by Gasteiger charge is -2.03. The number of aliphatic hydroxyl groups is 1. The molecule has 0 aliphatic heterocycles. The molecule has 1 aromatic carbocycles. The lowest BCUT2D eigenvalue weighted by Crippen LogP contribution is -1.89. The number of thioether (sulfide) groups is 1. The van der Waals surface area contributed by atoms with E-state index < -0.39 is 0 Å². The summed E-state index contributed by atoms with van der Waals surface area (Å²) in [7, 11) is 0. The zero-order chi connectivity index (χ0) is 10.4. The van der Waals surface area contributed by atoms with E-state index in [9.17, 15) is 4.79 Å². The fourth-order valence-electron chi connectivity index (χ4n) is 0.977. The summed E-state index contributed by atoms with van der Waals surface area (Å²) in [4.78, 5) is 11.5. The molecule has 0 heterocycles. The van der Waals surface area contributed by atoms with Crippen LogP contribution in [0.2, 0.25) is 5.02 Å². The largest absolute Gasteiger partial charge is 0.396 e. The van der Waals surface area contributed by atoms with Crippen molar-refractivity contribution in [3.05, 3.63) is 28.8 Å². The van der Waals surface area contributed by atoms with Crippen molar-refractivity contribution in [1.29, 1.82) is 0 Å². The molecule has 0 atom stereocenters. The van der Waals surface area contributed by atoms with Crippen LogP contribution in [0.15, 0.2) is 23.1 Å². The molecule has 0 spiro atoms. The van der Waals surface area contributed by atoms with Crippen molar-refractivity contribution in [1.82, 2.24) is 0 Å². The van der Waals surface area contributed by atoms with Crippen LogP contribution < -0.4 is 0 Å². The molecular formula is C10H11ClO2S. The van der Waals surface area contributed by atoms with Gasteiger partial charge in [-0.1, -0.05) is 11.6 Å². The number of carbonyl (C=O) groups excluding carboxylic acids is 1. The number of carbonyl (C=O) groups is 1. The van der Waals surface area contributed by atoms with Crippen molar-refractivity contribution in [3.63, 3.8) is 0 Å². The number of aldehydes is 1. The number of halogens is 1. The smallest absolute Gasteiger partial charge is 0.151 e. The maximum Gasteiger partial charge on any atom is 0.151 e. The fraction of sp³-hybridized carbons (Fsp3) is 0.300. The lowest BCUT2D eigenvalue weighted by molar-refractivity contribution is 0.112. The molecule has 0 aromatic heterocycles. The first-order chi connectivity index (χ1) is 6.77. The molecule has 0 radical (unpaired) electrons. The van der Waals surface area contributed by atoms with E-state index in [1.54, 1.807) is 18.2 Å². The van der Waals surface area contributed by atoms with Crippen LogP contribution >= 0.6 is 23.4 Å². The van der Waals surface area contributed by atoms with Crippen LogP contribution in [0.25, 0.3) is 0 Å². The molecule has 0 aliphatic rings. The van der Waals surface area contributed by atoms with Crippen LogP contribution in [0.4, 0.5) is 0 Å². The van der Waals surface area contributed by atoms with Crippen LogP contribution in [-0.2, 0) is 0 Å². The number of benzene rings is 1. The topological polar surface area (TPSA) is 37.3 Å². The highest BCUT2D eigenvalue weighted by Crippen LogP contribution is 2.25. The molecule has 2 nitrogen and oxygen atoms in total. The third-order valence-corrected chi connectivity index (χ3v) is 3.06. The van der Waals surface area contributed by atoms with Crippen molar-refractivity contribution in [2.45, 2.75) is 11.3 Å². The quantitative estimate of drug-likeness (QED) is 0.480. The highest BCUT2D eigenvalue weighted by molar-refractivity contribution is 7.99. The number of rotatable bonds is 5. The standard InChI is InChI=1S/C10H11ClO2S/c11-9-3-2-8(7-13)10(6-9)14-5-1-4-12/h2-3,6-7,12H,1,4-5H2. The molecule has 0 saturated heterocycles. The second kappa shape index (κ2) is 6.06. The zero-order valence-corrected chi connectivity index (χ0v) is 9.14. The van der Waals surface area contributed by atoms with E-state index in [0.29, 0.717) is 10.6 Å². The number of hydrogen-bond acceptors (Lipinski definition) is 3. The molecule has 0 aliphatic carbocycles. The van der Waals surface area contributed by atoms with Crippen molar-refractivity contribution in [2.75, 3.05) is 12.4 Å². The van der Waals surface area contributed by atoms with Gasteiger partial charge >= 0.3 is 0 Å². The van der Waals surface area contributed by atoms with E-state index in [2.05, 4.69) is 0 Å². The van der Waals surface area contributed by atoms with E-state index in [0.717, 1.165) is 23.4 Å². The van der Waals surface area contributed by atoms with Crippen LogP contribution in [0.3, 0.4) is 0 Å². The molecule has 1 rings (SSSR count). The molecule has 4 heteroatoms. The predicted octanol–water partition coefficient (Wildman–Crippen LogP) is 2.63. The van der Waals surface area contributed by atoms with E-state index in [4.69, 9.17) is 16.7 Å². The maximum atomic E-state index is 10.7. The van der Waals surface area contributed by atoms with Gasteiger partial charge in [0.25, 0.3) is 0 Å². The fourth-order valence-corrected chi connectivity index (χ4v) is 2.20. The molecule has 0 bridgehead atoms. The first kappa shape index (κ1) is 11.6. The third-order valence-electron chi connectivity index (χ3n) is 1.66. The Labute approximate surface area is 92.3 Å².